The summed E-state index contributed by atoms with van der Waals surface area (Å²) in [7, 11) is -4.55. The minimum Gasteiger partial charge on any atom is -0.307 e. The normalized spacial score (nSPS) is 9.20. The van der Waals surface area contributed by atoms with Crippen LogP contribution in [0.4, 0.5) is 0 Å². The van der Waals surface area contributed by atoms with Crippen LogP contribution in [0.2, 0.25) is 0 Å². The Morgan fingerprint density at radius 1 is 0.280 bits per heavy atom. The molecule has 0 heterocycles. The number of benzene rings is 6. The van der Waals surface area contributed by atoms with Crippen LogP contribution in [0.3, 0.4) is 0 Å². The summed E-state index contributed by atoms with van der Waals surface area (Å²) in [5.41, 5.74) is 0. The molecule has 264 valence electrons. The van der Waals surface area contributed by atoms with Crippen LogP contribution < -0.4 is 31.8 Å². The van der Waals surface area contributed by atoms with Crippen molar-refractivity contribution in [2.45, 2.75) is 0 Å². The molecule has 0 saturated heterocycles. The molecule has 0 atom stereocenters. The molecule has 0 unspecified atom stereocenters. The minimum absolute atomic E-state index is 0. The van der Waals surface area contributed by atoms with Crippen molar-refractivity contribution >= 4 is 104 Å². The van der Waals surface area contributed by atoms with Gasteiger partial charge in [0.1, 0.15) is 20.4 Å². The summed E-state index contributed by atoms with van der Waals surface area (Å²) >= 11 is 0. The molecule has 0 saturated carbocycles. The first-order chi connectivity index (χ1) is 22.6. The first-order valence-electron chi connectivity index (χ1n) is 14.1. The van der Waals surface area contributed by atoms with Crippen molar-refractivity contribution in [1.82, 2.24) is 0 Å². The molecule has 0 amide bonds. The van der Waals surface area contributed by atoms with E-state index in [1.165, 1.54) is 0 Å². The predicted molar refractivity (Wildman–Crippen MR) is 219 cm³/mol. The van der Waals surface area contributed by atoms with E-state index in [-0.39, 0.29) is 56.7 Å². The monoisotopic (exact) mass is 854 g/mol. The molecule has 6 aromatic rings. The molecule has 0 aliphatic carbocycles. The van der Waals surface area contributed by atoms with Crippen LogP contribution in [0, 0.1) is 10.3 Å². The fourth-order valence-corrected chi connectivity index (χ4v) is 10.3. The quantitative estimate of drug-likeness (QED) is 0.131. The van der Waals surface area contributed by atoms with Crippen LogP contribution in [0.25, 0.3) is 0 Å². The summed E-state index contributed by atoms with van der Waals surface area (Å²) in [6.07, 6.45) is 0. The van der Waals surface area contributed by atoms with E-state index in [1.54, 1.807) is 0 Å². The number of nitrogens with one attached hydrogen (secondary N) is 2. The minimum atomic E-state index is -2.28. The second-order valence-corrected chi connectivity index (χ2v) is 15.1. The Kier molecular flexibility index (Phi) is 28.4. The SMILES string of the molecule is C=O.C=O.C=O.Cl.Cl.Cl.N=P(c1ccccc1)(c1ccccc1)c1ccccc1.N=P(c1ccccc1)(c1ccccc1)c1ccccc1.[Ru]. The second kappa shape index (κ2) is 28.0. The first-order valence-corrected chi connectivity index (χ1v) is 17.7. The third-order valence-corrected chi connectivity index (χ3v) is 13.3. The smallest absolute Gasteiger partial charge is 0.106 e. The molecule has 5 nitrogen and oxygen atoms in total. The maximum atomic E-state index is 9.25. The Morgan fingerprint density at radius 3 is 0.480 bits per heavy atom. The first kappa shape index (κ1) is 50.7. The summed E-state index contributed by atoms with van der Waals surface area (Å²) in [6.45, 7) is 6.00. The molecule has 6 rings (SSSR count). The maximum absolute atomic E-state index is 9.25. The average molecular weight is 855 g/mol. The predicted octanol–water partition coefficient (Wildman–Crippen LogP) is 8.19. The third kappa shape index (κ3) is 12.9. The third-order valence-electron chi connectivity index (χ3n) is 6.86. The van der Waals surface area contributed by atoms with Gasteiger partial charge in [-0.25, -0.2) is 0 Å². The second-order valence-electron chi connectivity index (χ2n) is 9.35. The van der Waals surface area contributed by atoms with Crippen LogP contribution in [0.5, 0.6) is 0 Å². The Balaban J connectivity index is -0.000000719. The van der Waals surface area contributed by atoms with Crippen LogP contribution in [-0.2, 0) is 33.9 Å². The summed E-state index contributed by atoms with van der Waals surface area (Å²) < 4.78 is 0. The molecule has 6 aromatic carbocycles. The van der Waals surface area contributed by atoms with Gasteiger partial charge in [0.25, 0.3) is 0 Å². The van der Waals surface area contributed by atoms with Gasteiger partial charge in [-0.05, 0) is 31.8 Å². The van der Waals surface area contributed by atoms with Gasteiger partial charge in [-0.15, -0.1) is 37.2 Å². The van der Waals surface area contributed by atoms with Crippen molar-refractivity contribution in [2.24, 2.45) is 0 Å². The van der Waals surface area contributed by atoms with Crippen molar-refractivity contribution in [3.8, 4) is 0 Å². The molecule has 0 aliphatic heterocycles. The Bertz CT molecular complexity index is 1450. The van der Waals surface area contributed by atoms with E-state index in [2.05, 4.69) is 72.8 Å². The molecule has 0 radical (unpaired) electrons. The molecule has 0 fully saturated rings. The van der Waals surface area contributed by atoms with E-state index in [0.29, 0.717) is 0 Å². The Hall–Kier alpha value is -3.72. The van der Waals surface area contributed by atoms with E-state index in [0.717, 1.165) is 31.8 Å². The molecule has 2 N–H and O–H groups in total. The Labute approximate surface area is 327 Å². The van der Waals surface area contributed by atoms with Gasteiger partial charge in [0.05, 0.1) is 14.1 Å². The topological polar surface area (TPSA) is 98.9 Å². The van der Waals surface area contributed by atoms with E-state index in [1.807, 2.05) is 130 Å². The summed E-state index contributed by atoms with van der Waals surface area (Å²) in [5, 5.41) is 25.1. The van der Waals surface area contributed by atoms with Crippen LogP contribution in [0.15, 0.2) is 182 Å². The van der Waals surface area contributed by atoms with Crippen molar-refractivity contribution in [3.63, 3.8) is 0 Å². The standard InChI is InChI=1S/2C18H16NP.3CH2O.3ClH.Ru/c2*19-20(16-10-4-1-5-11-16,17-12-6-2-7-13-17)18-14-8-3-9-15-18;3*1-2;;;;/h2*1-15,19H;3*1H2;3*1H;. The summed E-state index contributed by atoms with van der Waals surface area (Å²) in [6, 6.07) is 61.1. The van der Waals surface area contributed by atoms with Gasteiger partial charge >= 0.3 is 0 Å². The van der Waals surface area contributed by atoms with E-state index >= 15 is 0 Å². The van der Waals surface area contributed by atoms with Gasteiger partial charge in [0.2, 0.25) is 0 Å². The Morgan fingerprint density at radius 2 is 0.380 bits per heavy atom. The van der Waals surface area contributed by atoms with Crippen LogP contribution in [-0.4, -0.2) is 20.4 Å². The number of carbonyl (C=O) groups excluding carboxylic acids is 3. The fourth-order valence-electron chi connectivity index (χ4n) is 4.80. The van der Waals surface area contributed by atoms with Gasteiger partial charge in [0.15, 0.2) is 0 Å². The molecule has 11 heteroatoms. The van der Waals surface area contributed by atoms with Crippen molar-refractivity contribution in [1.29, 1.82) is 10.3 Å². The molecule has 0 bridgehead atoms. The van der Waals surface area contributed by atoms with E-state index < -0.39 is 14.1 Å². The zero-order chi connectivity index (χ0) is 33.7. The molecule has 0 aromatic heterocycles. The van der Waals surface area contributed by atoms with Crippen molar-refractivity contribution in [2.75, 3.05) is 0 Å². The molecule has 0 spiro atoms. The number of carbonyl (C=O) groups is 3. The largest absolute Gasteiger partial charge is 0.307 e. The van der Waals surface area contributed by atoms with Crippen LogP contribution >= 0.6 is 51.3 Å². The zero-order valence-electron chi connectivity index (χ0n) is 27.1. The average Bonchev–Trinajstić information content (AvgIpc) is 3.19. The number of rotatable bonds is 6. The van der Waals surface area contributed by atoms with Gasteiger partial charge in [0, 0.05) is 19.5 Å². The molecular weight excluding hydrogens is 814 g/mol. The van der Waals surface area contributed by atoms with Crippen molar-refractivity contribution < 1.29 is 33.9 Å². The fraction of sp³-hybridized carbons (Fsp3) is 0. The van der Waals surface area contributed by atoms with Gasteiger partial charge < -0.3 is 24.7 Å². The number of hydrogen-bond donors (Lipinski definition) is 2. The number of hydrogen-bond acceptors (Lipinski definition) is 5. The zero-order valence-corrected chi connectivity index (χ0v) is 33.1. The summed E-state index contributed by atoms with van der Waals surface area (Å²) in [5.74, 6) is 0. The maximum Gasteiger partial charge on any atom is 0.106 e. The molecule has 0 aliphatic rings. The van der Waals surface area contributed by atoms with Gasteiger partial charge in [-0.3, -0.25) is 0 Å². The summed E-state index contributed by atoms with van der Waals surface area (Å²) in [4.78, 5) is 24.0. The molecule has 50 heavy (non-hydrogen) atoms. The van der Waals surface area contributed by atoms with Gasteiger partial charge in [-0.2, -0.15) is 0 Å². The van der Waals surface area contributed by atoms with Gasteiger partial charge in [-0.1, -0.05) is 182 Å². The van der Waals surface area contributed by atoms with Crippen molar-refractivity contribution in [3.05, 3.63) is 182 Å². The van der Waals surface area contributed by atoms with E-state index in [9.17, 15) is 10.3 Å². The number of halogens is 3. The molecular formula is C39H41Cl3N2O3P2Ru. The van der Waals surface area contributed by atoms with Crippen LogP contribution in [0.1, 0.15) is 0 Å². The van der Waals surface area contributed by atoms with E-state index in [4.69, 9.17) is 14.4 Å².